The molecule has 1 aromatic rings. The van der Waals surface area contributed by atoms with Crippen LogP contribution in [0.3, 0.4) is 0 Å². The zero-order chi connectivity index (χ0) is 14.9. The molecule has 5 saturated carbocycles. The highest BCUT2D eigenvalue weighted by atomic mass is 35.5. The lowest BCUT2D eigenvalue weighted by molar-refractivity contribution is -0.0191. The first-order valence-corrected chi connectivity index (χ1v) is 10.1. The lowest BCUT2D eigenvalue weighted by Gasteiger charge is -2.55. The molecule has 5 fully saturated rings. The van der Waals surface area contributed by atoms with Crippen molar-refractivity contribution >= 4 is 35.0 Å². The van der Waals surface area contributed by atoms with Crippen LogP contribution in [-0.2, 0) is 5.41 Å². The Morgan fingerprint density at radius 1 is 1.00 bits per heavy atom. The van der Waals surface area contributed by atoms with E-state index in [0.717, 1.165) is 35.8 Å². The molecule has 0 spiro atoms. The van der Waals surface area contributed by atoms with Gasteiger partial charge in [-0.3, -0.25) is 0 Å². The van der Waals surface area contributed by atoms with Gasteiger partial charge >= 0.3 is 0 Å². The lowest BCUT2D eigenvalue weighted by atomic mass is 9.49. The maximum Gasteiger partial charge on any atom is 0.276 e. The van der Waals surface area contributed by atoms with Gasteiger partial charge in [0, 0.05) is 17.1 Å². The van der Waals surface area contributed by atoms with E-state index in [0.29, 0.717) is 11.1 Å². The summed E-state index contributed by atoms with van der Waals surface area (Å²) in [5, 5.41) is 9.41. The number of hydrogen-bond acceptors (Lipinski definition) is 4. The normalized spacial score (nSPS) is 44.5. The monoisotopic (exact) mass is 358 g/mol. The van der Waals surface area contributed by atoms with Crippen molar-refractivity contribution in [2.24, 2.45) is 23.7 Å². The van der Waals surface area contributed by atoms with Gasteiger partial charge < -0.3 is 4.42 Å². The molecule has 1 atom stereocenters. The SMILES string of the molecule is ClC1(Cl)C[C@H]1CSc1nnc(C23CC4CC(CC(C4)C2)C3)o1. The highest BCUT2D eigenvalue weighted by Crippen LogP contribution is 2.60. The van der Waals surface area contributed by atoms with Gasteiger partial charge in [0.05, 0.1) is 0 Å². The van der Waals surface area contributed by atoms with Gasteiger partial charge in [0.2, 0.25) is 5.89 Å². The van der Waals surface area contributed by atoms with E-state index in [1.165, 1.54) is 38.5 Å². The zero-order valence-corrected chi connectivity index (χ0v) is 14.8. The van der Waals surface area contributed by atoms with Crippen LogP contribution in [0.25, 0.3) is 0 Å². The second-order valence-corrected chi connectivity index (χ2v) is 10.6. The number of hydrogen-bond donors (Lipinski definition) is 0. The van der Waals surface area contributed by atoms with E-state index in [4.69, 9.17) is 27.6 Å². The van der Waals surface area contributed by atoms with Crippen LogP contribution in [0.4, 0.5) is 0 Å². The molecule has 22 heavy (non-hydrogen) atoms. The molecule has 0 radical (unpaired) electrons. The van der Waals surface area contributed by atoms with Gasteiger partial charge in [-0.15, -0.1) is 33.4 Å². The molecule has 0 N–H and O–H groups in total. The van der Waals surface area contributed by atoms with Crippen molar-refractivity contribution in [2.45, 2.75) is 59.9 Å². The first-order chi connectivity index (χ1) is 10.5. The van der Waals surface area contributed by atoms with E-state index in [1.807, 2.05) is 0 Å². The van der Waals surface area contributed by atoms with Crippen LogP contribution in [0.15, 0.2) is 9.64 Å². The number of alkyl halides is 2. The average Bonchev–Trinajstić information content (AvgIpc) is 2.84. The fraction of sp³-hybridized carbons (Fsp3) is 0.875. The van der Waals surface area contributed by atoms with E-state index in [-0.39, 0.29) is 5.41 Å². The van der Waals surface area contributed by atoms with Crippen LogP contribution in [0.1, 0.15) is 50.8 Å². The van der Waals surface area contributed by atoms with E-state index in [2.05, 4.69) is 10.2 Å². The predicted molar refractivity (Wildman–Crippen MR) is 87.4 cm³/mol. The summed E-state index contributed by atoms with van der Waals surface area (Å²) in [4.78, 5) is 0. The maximum atomic E-state index is 6.07. The Morgan fingerprint density at radius 3 is 2.14 bits per heavy atom. The third-order valence-corrected chi connectivity index (χ3v) is 8.17. The highest BCUT2D eigenvalue weighted by molar-refractivity contribution is 7.99. The van der Waals surface area contributed by atoms with Gasteiger partial charge in [0.1, 0.15) is 4.33 Å². The van der Waals surface area contributed by atoms with Gasteiger partial charge in [0.25, 0.3) is 5.22 Å². The minimum atomic E-state index is -0.518. The van der Waals surface area contributed by atoms with Crippen molar-refractivity contribution in [3.05, 3.63) is 5.89 Å². The first kappa shape index (κ1) is 14.4. The standard InChI is InChI=1S/C16H20Cl2N2OS/c17-16(18)7-12(16)8-22-14-20-19-13(21-14)15-4-9-1-10(5-15)3-11(2-9)6-15/h9-12H,1-8H2/t9?,10?,11?,12-,15?/m0/s1. The molecule has 6 heteroatoms. The van der Waals surface area contributed by atoms with E-state index >= 15 is 0 Å². The summed E-state index contributed by atoms with van der Waals surface area (Å²) in [6, 6.07) is 0. The second-order valence-electron chi connectivity index (χ2n) is 8.04. The summed E-state index contributed by atoms with van der Waals surface area (Å²) in [6.45, 7) is 0. The van der Waals surface area contributed by atoms with E-state index in [1.54, 1.807) is 11.8 Å². The molecular weight excluding hydrogens is 339 g/mol. The number of halogens is 2. The molecule has 5 aliphatic rings. The Labute approximate surface area is 144 Å². The fourth-order valence-electron chi connectivity index (χ4n) is 5.48. The Hall–Kier alpha value is 0.0700. The van der Waals surface area contributed by atoms with Crippen LogP contribution in [-0.4, -0.2) is 20.3 Å². The van der Waals surface area contributed by atoms with E-state index in [9.17, 15) is 0 Å². The van der Waals surface area contributed by atoms with Gasteiger partial charge in [0.15, 0.2) is 0 Å². The van der Waals surface area contributed by atoms with Gasteiger partial charge in [-0.1, -0.05) is 11.8 Å². The van der Waals surface area contributed by atoms with Gasteiger partial charge in [-0.05, 0) is 62.7 Å². The van der Waals surface area contributed by atoms with Crippen molar-refractivity contribution in [1.29, 1.82) is 0 Å². The van der Waals surface area contributed by atoms with Crippen molar-refractivity contribution in [3.8, 4) is 0 Å². The molecule has 1 heterocycles. The highest BCUT2D eigenvalue weighted by Gasteiger charge is 2.54. The molecule has 6 rings (SSSR count). The van der Waals surface area contributed by atoms with Crippen LogP contribution in [0.2, 0.25) is 0 Å². The first-order valence-electron chi connectivity index (χ1n) is 8.37. The topological polar surface area (TPSA) is 38.9 Å². The molecular formula is C16H20Cl2N2OS. The molecule has 0 amide bonds. The Morgan fingerprint density at radius 2 is 1.59 bits per heavy atom. The molecule has 0 unspecified atom stereocenters. The number of nitrogens with zero attached hydrogens (tertiary/aromatic N) is 2. The molecule has 1 aromatic heterocycles. The van der Waals surface area contributed by atoms with E-state index < -0.39 is 4.33 Å². The number of thioether (sulfide) groups is 1. The Kier molecular flexibility index (Phi) is 3.14. The summed E-state index contributed by atoms with van der Waals surface area (Å²) in [7, 11) is 0. The molecule has 0 aliphatic heterocycles. The summed E-state index contributed by atoms with van der Waals surface area (Å²) in [5.41, 5.74) is 0.197. The average molecular weight is 359 g/mol. The quantitative estimate of drug-likeness (QED) is 0.571. The Balaban J connectivity index is 1.32. The third kappa shape index (κ3) is 2.32. The molecule has 3 nitrogen and oxygen atoms in total. The maximum absolute atomic E-state index is 6.07. The summed E-state index contributed by atoms with van der Waals surface area (Å²) < 4.78 is 5.55. The van der Waals surface area contributed by atoms with Crippen molar-refractivity contribution in [2.75, 3.05) is 5.75 Å². The molecule has 0 aromatic carbocycles. The minimum Gasteiger partial charge on any atom is -0.415 e. The molecule has 5 aliphatic carbocycles. The molecule has 120 valence electrons. The van der Waals surface area contributed by atoms with Gasteiger partial charge in [-0.2, -0.15) is 0 Å². The second kappa shape index (κ2) is 4.80. The number of aromatic nitrogens is 2. The minimum absolute atomic E-state index is 0.197. The Bertz CT molecular complexity index is 567. The predicted octanol–water partition coefficient (Wildman–Crippen LogP) is 4.82. The van der Waals surface area contributed by atoms with Crippen LogP contribution >= 0.6 is 35.0 Å². The smallest absolute Gasteiger partial charge is 0.276 e. The fourth-order valence-corrected chi connectivity index (χ4v) is 7.17. The van der Waals surface area contributed by atoms with Crippen molar-refractivity contribution in [3.63, 3.8) is 0 Å². The summed E-state index contributed by atoms with van der Waals surface area (Å²) in [6.07, 6.45) is 8.97. The van der Waals surface area contributed by atoms with Crippen LogP contribution < -0.4 is 0 Å². The third-order valence-electron chi connectivity index (χ3n) is 6.26. The molecule has 0 saturated heterocycles. The van der Waals surface area contributed by atoms with Gasteiger partial charge in [-0.25, -0.2) is 0 Å². The zero-order valence-electron chi connectivity index (χ0n) is 12.4. The largest absolute Gasteiger partial charge is 0.415 e. The number of rotatable bonds is 4. The van der Waals surface area contributed by atoms with Crippen LogP contribution in [0.5, 0.6) is 0 Å². The van der Waals surface area contributed by atoms with Crippen molar-refractivity contribution < 1.29 is 4.42 Å². The lowest BCUT2D eigenvalue weighted by Crippen LogP contribution is -2.48. The molecule has 4 bridgehead atoms. The summed E-state index contributed by atoms with van der Waals surface area (Å²) >= 11 is 13.8. The van der Waals surface area contributed by atoms with Crippen LogP contribution in [0, 0.1) is 23.7 Å². The summed E-state index contributed by atoms with van der Waals surface area (Å²) in [5.74, 6) is 4.83. The van der Waals surface area contributed by atoms with Crippen molar-refractivity contribution in [1.82, 2.24) is 10.2 Å².